The van der Waals surface area contributed by atoms with Crippen LogP contribution in [-0.2, 0) is 0 Å². The zero-order valence-corrected chi connectivity index (χ0v) is 14.7. The van der Waals surface area contributed by atoms with Gasteiger partial charge in [0.05, 0.1) is 24.3 Å². The second kappa shape index (κ2) is 17.6. The molecule has 0 fully saturated rings. The van der Waals surface area contributed by atoms with Crippen molar-refractivity contribution in [2.45, 2.75) is 51.4 Å². The Morgan fingerprint density at radius 2 is 0.700 bits per heavy atom. The molecule has 0 aromatic rings. The quantitative estimate of drug-likeness (QED) is 0.505. The fraction of sp³-hybridized carbons (Fsp3) is 0.571. The van der Waals surface area contributed by atoms with Crippen LogP contribution in [0.15, 0.2) is 11.1 Å². The molecule has 0 saturated heterocycles. The van der Waals surface area contributed by atoms with Crippen molar-refractivity contribution in [3.05, 3.63) is 11.1 Å². The summed E-state index contributed by atoms with van der Waals surface area (Å²) in [7, 11) is 0. The Kier molecular flexibility index (Phi) is 20.8. The second-order valence-corrected chi connectivity index (χ2v) is 3.84. The van der Waals surface area contributed by atoms with Crippen LogP contribution in [-0.4, -0.2) is 0 Å². The SMILES string of the molecule is N#CCCC(CCC#N)=C(CCC#N)CCC#N.P.P. The zero-order chi connectivity index (χ0) is 13.6. The predicted octanol–water partition coefficient (Wildman–Crippen LogP) is 3.61. The van der Waals surface area contributed by atoms with Crippen molar-refractivity contribution in [1.82, 2.24) is 0 Å². The third kappa shape index (κ3) is 11.6. The van der Waals surface area contributed by atoms with Crippen LogP contribution in [0.25, 0.3) is 0 Å². The molecular formula is C14H22N4P2. The highest BCUT2D eigenvalue weighted by molar-refractivity contribution is 6.92. The molecule has 6 heteroatoms. The molecule has 0 spiro atoms. The van der Waals surface area contributed by atoms with Crippen LogP contribution in [0.3, 0.4) is 0 Å². The Balaban J connectivity index is -0.00000144. The standard InChI is InChI=1S/C14H16N4.2H3P/c15-9-1-5-13(6-2-10-16)14(7-3-11-17)8-4-12-18;;/h1-8H2;2*1H3. The highest BCUT2D eigenvalue weighted by atomic mass is 31.0. The molecule has 108 valence electrons. The van der Waals surface area contributed by atoms with Gasteiger partial charge in [-0.05, 0) is 25.7 Å². The molecule has 0 heterocycles. The van der Waals surface area contributed by atoms with Crippen LogP contribution < -0.4 is 0 Å². The van der Waals surface area contributed by atoms with E-state index in [9.17, 15) is 0 Å². The minimum atomic E-state index is 0. The van der Waals surface area contributed by atoms with Crippen molar-refractivity contribution in [1.29, 1.82) is 21.0 Å². The summed E-state index contributed by atoms with van der Waals surface area (Å²) < 4.78 is 0. The molecule has 0 bridgehead atoms. The van der Waals surface area contributed by atoms with E-state index in [1.54, 1.807) is 0 Å². The molecule has 0 rings (SSSR count). The van der Waals surface area contributed by atoms with Crippen molar-refractivity contribution in [3.8, 4) is 24.3 Å². The zero-order valence-electron chi connectivity index (χ0n) is 11.9. The van der Waals surface area contributed by atoms with Gasteiger partial charge in [-0.3, -0.25) is 0 Å². The molecule has 0 aromatic carbocycles. The molecule has 0 N–H and O–H groups in total. The Morgan fingerprint density at radius 3 is 0.850 bits per heavy atom. The van der Waals surface area contributed by atoms with Gasteiger partial charge in [0.1, 0.15) is 0 Å². The van der Waals surface area contributed by atoms with Gasteiger partial charge in [-0.2, -0.15) is 40.8 Å². The molecular weight excluding hydrogens is 286 g/mol. The van der Waals surface area contributed by atoms with Gasteiger partial charge in [-0.25, -0.2) is 0 Å². The van der Waals surface area contributed by atoms with Gasteiger partial charge in [0, 0.05) is 25.7 Å². The summed E-state index contributed by atoms with van der Waals surface area (Å²) in [5.74, 6) is 0. The molecule has 0 aromatic heterocycles. The molecule has 20 heavy (non-hydrogen) atoms. The fourth-order valence-corrected chi connectivity index (χ4v) is 1.78. The average molecular weight is 308 g/mol. The lowest BCUT2D eigenvalue weighted by atomic mass is 9.93. The first-order valence-electron chi connectivity index (χ1n) is 5.97. The minimum absolute atomic E-state index is 0. The summed E-state index contributed by atoms with van der Waals surface area (Å²) in [6.45, 7) is 0. The normalized spacial score (nSPS) is 7.60. The number of nitrogens with zero attached hydrogens (tertiary/aromatic N) is 4. The lowest BCUT2D eigenvalue weighted by Gasteiger charge is -2.11. The Hall–Kier alpha value is -1.44. The number of allylic oxidation sites excluding steroid dienone is 2. The molecule has 2 unspecified atom stereocenters. The number of hydrogen-bond acceptors (Lipinski definition) is 4. The fourth-order valence-electron chi connectivity index (χ4n) is 1.78. The summed E-state index contributed by atoms with van der Waals surface area (Å²) in [6.07, 6.45) is 4.25. The van der Waals surface area contributed by atoms with Crippen molar-refractivity contribution in [3.63, 3.8) is 0 Å². The number of rotatable bonds is 8. The third-order valence-corrected chi connectivity index (χ3v) is 2.65. The summed E-state index contributed by atoms with van der Waals surface area (Å²) >= 11 is 0. The summed E-state index contributed by atoms with van der Waals surface area (Å²) in [5.41, 5.74) is 2.17. The molecule has 0 amide bonds. The van der Waals surface area contributed by atoms with E-state index >= 15 is 0 Å². The van der Waals surface area contributed by atoms with Gasteiger partial charge in [0.25, 0.3) is 0 Å². The van der Waals surface area contributed by atoms with E-state index in [0.29, 0.717) is 51.4 Å². The van der Waals surface area contributed by atoms with Crippen LogP contribution in [0.5, 0.6) is 0 Å². The smallest absolute Gasteiger partial charge is 0.0625 e. The lowest BCUT2D eigenvalue weighted by Crippen LogP contribution is -1.94. The first-order valence-corrected chi connectivity index (χ1v) is 5.97. The van der Waals surface area contributed by atoms with Gasteiger partial charge in [-0.1, -0.05) is 11.1 Å². The Bertz CT molecular complexity index is 362. The molecule has 4 nitrogen and oxygen atoms in total. The largest absolute Gasteiger partial charge is 0.198 e. The summed E-state index contributed by atoms with van der Waals surface area (Å²) in [5, 5.41) is 34.5. The van der Waals surface area contributed by atoms with Gasteiger partial charge in [-0.15, -0.1) is 0 Å². The minimum Gasteiger partial charge on any atom is -0.198 e. The van der Waals surface area contributed by atoms with Crippen molar-refractivity contribution >= 4 is 19.8 Å². The van der Waals surface area contributed by atoms with Crippen LogP contribution in [0.4, 0.5) is 0 Å². The van der Waals surface area contributed by atoms with Crippen molar-refractivity contribution in [2.75, 3.05) is 0 Å². The van der Waals surface area contributed by atoms with E-state index in [1.165, 1.54) is 0 Å². The van der Waals surface area contributed by atoms with E-state index in [1.807, 2.05) is 0 Å². The van der Waals surface area contributed by atoms with Gasteiger partial charge in [0.15, 0.2) is 0 Å². The topological polar surface area (TPSA) is 95.2 Å². The average Bonchev–Trinajstić information content (AvgIpc) is 2.40. The number of nitriles is 4. The maximum absolute atomic E-state index is 8.63. The van der Waals surface area contributed by atoms with Crippen LogP contribution in [0.2, 0.25) is 0 Å². The summed E-state index contributed by atoms with van der Waals surface area (Å²) in [4.78, 5) is 0. The first-order chi connectivity index (χ1) is 8.79. The van der Waals surface area contributed by atoms with Gasteiger partial charge in [0.2, 0.25) is 0 Å². The molecule has 0 aliphatic rings. The molecule has 2 atom stereocenters. The molecule has 0 aliphatic heterocycles. The predicted molar refractivity (Wildman–Crippen MR) is 88.6 cm³/mol. The number of hydrogen-bond donors (Lipinski definition) is 0. The second-order valence-electron chi connectivity index (χ2n) is 3.84. The van der Waals surface area contributed by atoms with Crippen LogP contribution in [0, 0.1) is 45.3 Å². The monoisotopic (exact) mass is 308 g/mol. The van der Waals surface area contributed by atoms with E-state index in [2.05, 4.69) is 24.3 Å². The Morgan fingerprint density at radius 1 is 0.500 bits per heavy atom. The van der Waals surface area contributed by atoms with Crippen molar-refractivity contribution < 1.29 is 0 Å². The third-order valence-electron chi connectivity index (χ3n) is 2.65. The highest BCUT2D eigenvalue weighted by Crippen LogP contribution is 2.24. The Labute approximate surface area is 128 Å². The molecule has 0 saturated carbocycles. The van der Waals surface area contributed by atoms with Gasteiger partial charge < -0.3 is 0 Å². The maximum Gasteiger partial charge on any atom is 0.0625 e. The van der Waals surface area contributed by atoms with E-state index in [0.717, 1.165) is 11.1 Å². The van der Waals surface area contributed by atoms with E-state index < -0.39 is 0 Å². The maximum atomic E-state index is 8.63. The molecule has 0 aliphatic carbocycles. The van der Waals surface area contributed by atoms with Crippen LogP contribution >= 0.6 is 19.8 Å². The van der Waals surface area contributed by atoms with E-state index in [-0.39, 0.29) is 19.8 Å². The summed E-state index contributed by atoms with van der Waals surface area (Å²) in [6, 6.07) is 8.38. The van der Waals surface area contributed by atoms with Crippen molar-refractivity contribution in [2.24, 2.45) is 0 Å². The van der Waals surface area contributed by atoms with E-state index in [4.69, 9.17) is 21.0 Å². The first kappa shape index (κ1) is 23.6. The van der Waals surface area contributed by atoms with Crippen LogP contribution in [0.1, 0.15) is 51.4 Å². The molecule has 0 radical (unpaired) electrons. The van der Waals surface area contributed by atoms with Gasteiger partial charge >= 0.3 is 0 Å². The lowest BCUT2D eigenvalue weighted by molar-refractivity contribution is 0.781. The highest BCUT2D eigenvalue weighted by Gasteiger charge is 2.07.